The predicted molar refractivity (Wildman–Crippen MR) is 78.5 cm³/mol. The SMILES string of the molecule is CC(C)c1nc(Br)cc(Nc2ccc(C(F)(F)F)cc2)n1. The summed E-state index contributed by atoms with van der Waals surface area (Å²) >= 11 is 3.29. The summed E-state index contributed by atoms with van der Waals surface area (Å²) in [5.41, 5.74) is -0.150. The molecule has 1 N–H and O–H groups in total. The van der Waals surface area contributed by atoms with Crippen molar-refractivity contribution in [3.63, 3.8) is 0 Å². The molecule has 2 aromatic rings. The topological polar surface area (TPSA) is 37.8 Å². The van der Waals surface area contributed by atoms with Gasteiger partial charge in [-0.15, -0.1) is 0 Å². The molecule has 7 heteroatoms. The minimum atomic E-state index is -4.33. The van der Waals surface area contributed by atoms with Gasteiger partial charge in [0.15, 0.2) is 0 Å². The number of hydrogen-bond acceptors (Lipinski definition) is 3. The summed E-state index contributed by atoms with van der Waals surface area (Å²) in [5, 5.41) is 2.97. The minimum absolute atomic E-state index is 0.149. The van der Waals surface area contributed by atoms with Crippen LogP contribution in [0.1, 0.15) is 31.2 Å². The lowest BCUT2D eigenvalue weighted by Crippen LogP contribution is -2.05. The van der Waals surface area contributed by atoms with Gasteiger partial charge in [0.05, 0.1) is 5.56 Å². The lowest BCUT2D eigenvalue weighted by Gasteiger charge is -2.11. The zero-order valence-corrected chi connectivity index (χ0v) is 13.0. The zero-order valence-electron chi connectivity index (χ0n) is 11.4. The van der Waals surface area contributed by atoms with Gasteiger partial charge in [0.25, 0.3) is 0 Å². The maximum Gasteiger partial charge on any atom is 0.416 e. The Morgan fingerprint density at radius 1 is 1.10 bits per heavy atom. The van der Waals surface area contributed by atoms with Crippen molar-refractivity contribution in [1.29, 1.82) is 0 Å². The van der Waals surface area contributed by atoms with E-state index < -0.39 is 11.7 Å². The average Bonchev–Trinajstić information content (AvgIpc) is 2.37. The van der Waals surface area contributed by atoms with Crippen LogP contribution >= 0.6 is 15.9 Å². The number of alkyl halides is 3. The number of rotatable bonds is 3. The summed E-state index contributed by atoms with van der Waals surface area (Å²) in [5.74, 6) is 1.33. The zero-order chi connectivity index (χ0) is 15.6. The molecule has 0 aliphatic heterocycles. The molecule has 2 rings (SSSR count). The fraction of sp³-hybridized carbons (Fsp3) is 0.286. The minimum Gasteiger partial charge on any atom is -0.340 e. The molecule has 0 amide bonds. The Kier molecular flexibility index (Phi) is 4.51. The molecule has 0 unspecified atom stereocenters. The van der Waals surface area contributed by atoms with Gasteiger partial charge in [0.2, 0.25) is 0 Å². The maximum atomic E-state index is 12.5. The van der Waals surface area contributed by atoms with E-state index in [2.05, 4.69) is 31.2 Å². The Morgan fingerprint density at radius 2 is 1.71 bits per heavy atom. The van der Waals surface area contributed by atoms with Crippen LogP contribution in [0, 0.1) is 0 Å². The van der Waals surface area contributed by atoms with Gasteiger partial charge >= 0.3 is 6.18 Å². The Morgan fingerprint density at radius 3 is 2.24 bits per heavy atom. The second kappa shape index (κ2) is 6.01. The van der Waals surface area contributed by atoms with Crippen LogP contribution < -0.4 is 5.32 Å². The first kappa shape index (κ1) is 15.8. The molecule has 0 spiro atoms. The number of hydrogen-bond donors (Lipinski definition) is 1. The normalized spacial score (nSPS) is 11.8. The van der Waals surface area contributed by atoms with Gasteiger partial charge in [0.1, 0.15) is 16.2 Å². The summed E-state index contributed by atoms with van der Waals surface area (Å²) in [6.45, 7) is 3.92. The summed E-state index contributed by atoms with van der Waals surface area (Å²) in [4.78, 5) is 8.56. The Bertz CT molecular complexity index is 624. The standard InChI is InChI=1S/C14H13BrF3N3/c1-8(2)13-20-11(15)7-12(21-13)19-10-5-3-9(4-6-10)14(16,17)18/h3-8H,1-2H3,(H,19,20,21). The number of benzene rings is 1. The molecule has 0 saturated carbocycles. The number of nitrogens with one attached hydrogen (secondary N) is 1. The molecule has 3 nitrogen and oxygen atoms in total. The number of halogens is 4. The lowest BCUT2D eigenvalue weighted by atomic mass is 10.2. The van der Waals surface area contributed by atoms with Gasteiger partial charge in [-0.05, 0) is 40.2 Å². The Hall–Kier alpha value is -1.63. The van der Waals surface area contributed by atoms with E-state index in [4.69, 9.17) is 0 Å². The van der Waals surface area contributed by atoms with E-state index in [1.165, 1.54) is 12.1 Å². The fourth-order valence-electron chi connectivity index (χ4n) is 1.65. The van der Waals surface area contributed by atoms with Gasteiger partial charge in [0, 0.05) is 17.7 Å². The van der Waals surface area contributed by atoms with E-state index in [9.17, 15) is 13.2 Å². The second-order valence-electron chi connectivity index (χ2n) is 4.79. The van der Waals surface area contributed by atoms with E-state index in [1.807, 2.05) is 13.8 Å². The number of aromatic nitrogens is 2. The van der Waals surface area contributed by atoms with Crippen LogP contribution in [0.3, 0.4) is 0 Å². The molecule has 0 fully saturated rings. The highest BCUT2D eigenvalue weighted by atomic mass is 79.9. The molecule has 0 atom stereocenters. The number of nitrogens with zero attached hydrogens (tertiary/aromatic N) is 2. The third-order valence-corrected chi connectivity index (χ3v) is 3.12. The molecule has 0 radical (unpaired) electrons. The van der Waals surface area contributed by atoms with Crippen LogP contribution in [0.4, 0.5) is 24.7 Å². The first-order valence-electron chi connectivity index (χ1n) is 6.24. The maximum absolute atomic E-state index is 12.5. The quantitative estimate of drug-likeness (QED) is 0.772. The van der Waals surface area contributed by atoms with Crippen molar-refractivity contribution in [3.8, 4) is 0 Å². The van der Waals surface area contributed by atoms with Gasteiger partial charge in [-0.1, -0.05) is 13.8 Å². The van der Waals surface area contributed by atoms with Gasteiger partial charge in [-0.2, -0.15) is 13.2 Å². The van der Waals surface area contributed by atoms with Crippen molar-refractivity contribution in [2.75, 3.05) is 5.32 Å². The van der Waals surface area contributed by atoms with E-state index >= 15 is 0 Å². The molecule has 21 heavy (non-hydrogen) atoms. The van der Waals surface area contributed by atoms with Crippen molar-refractivity contribution in [2.45, 2.75) is 25.9 Å². The molecular weight excluding hydrogens is 347 g/mol. The molecule has 1 aromatic carbocycles. The number of anilines is 2. The van der Waals surface area contributed by atoms with Crippen molar-refractivity contribution in [2.24, 2.45) is 0 Å². The summed E-state index contributed by atoms with van der Waals surface area (Å²) < 4.78 is 38.1. The van der Waals surface area contributed by atoms with Crippen LogP contribution in [0.2, 0.25) is 0 Å². The first-order chi connectivity index (χ1) is 9.75. The van der Waals surface area contributed by atoms with Crippen molar-refractivity contribution >= 4 is 27.4 Å². The van der Waals surface area contributed by atoms with Crippen LogP contribution in [-0.4, -0.2) is 9.97 Å². The van der Waals surface area contributed by atoms with Crippen LogP contribution in [-0.2, 0) is 6.18 Å². The summed E-state index contributed by atoms with van der Waals surface area (Å²) in [6, 6.07) is 6.47. The molecule has 112 valence electrons. The molecule has 0 bridgehead atoms. The van der Waals surface area contributed by atoms with Crippen molar-refractivity contribution in [1.82, 2.24) is 9.97 Å². The van der Waals surface area contributed by atoms with E-state index in [1.54, 1.807) is 6.07 Å². The van der Waals surface area contributed by atoms with Crippen LogP contribution in [0.15, 0.2) is 34.9 Å². The lowest BCUT2D eigenvalue weighted by molar-refractivity contribution is -0.137. The third kappa shape index (κ3) is 4.17. The Labute approximate surface area is 128 Å². The second-order valence-corrected chi connectivity index (χ2v) is 5.60. The van der Waals surface area contributed by atoms with Crippen molar-refractivity contribution in [3.05, 3.63) is 46.3 Å². The average molecular weight is 360 g/mol. The van der Waals surface area contributed by atoms with E-state index in [-0.39, 0.29) is 5.92 Å². The molecule has 1 aromatic heterocycles. The van der Waals surface area contributed by atoms with Gasteiger partial charge in [-0.3, -0.25) is 0 Å². The van der Waals surface area contributed by atoms with Crippen molar-refractivity contribution < 1.29 is 13.2 Å². The molecule has 0 aliphatic rings. The van der Waals surface area contributed by atoms with Crippen LogP contribution in [0.5, 0.6) is 0 Å². The highest BCUT2D eigenvalue weighted by molar-refractivity contribution is 9.10. The molecular formula is C14H13BrF3N3. The molecule has 0 saturated heterocycles. The summed E-state index contributed by atoms with van der Waals surface area (Å²) in [6.07, 6.45) is -4.33. The third-order valence-electron chi connectivity index (χ3n) is 2.71. The first-order valence-corrected chi connectivity index (χ1v) is 7.04. The highest BCUT2D eigenvalue weighted by Crippen LogP contribution is 2.30. The monoisotopic (exact) mass is 359 g/mol. The van der Waals surface area contributed by atoms with E-state index in [0.29, 0.717) is 21.9 Å². The fourth-order valence-corrected chi connectivity index (χ4v) is 2.05. The highest BCUT2D eigenvalue weighted by Gasteiger charge is 2.29. The largest absolute Gasteiger partial charge is 0.416 e. The predicted octanol–water partition coefficient (Wildman–Crippen LogP) is 5.12. The smallest absolute Gasteiger partial charge is 0.340 e. The van der Waals surface area contributed by atoms with E-state index in [0.717, 1.165) is 12.1 Å². The van der Waals surface area contributed by atoms with Gasteiger partial charge < -0.3 is 5.32 Å². The van der Waals surface area contributed by atoms with Gasteiger partial charge in [-0.25, -0.2) is 9.97 Å². The Balaban J connectivity index is 2.22. The summed E-state index contributed by atoms with van der Waals surface area (Å²) in [7, 11) is 0. The molecule has 1 heterocycles. The molecule has 0 aliphatic carbocycles. The van der Waals surface area contributed by atoms with Crippen LogP contribution in [0.25, 0.3) is 0 Å².